The number of nitrogens with one attached hydrogen (secondary N) is 1. The van der Waals surface area contributed by atoms with Crippen molar-refractivity contribution in [3.8, 4) is 0 Å². The molecule has 21 heavy (non-hydrogen) atoms. The van der Waals surface area contributed by atoms with Crippen LogP contribution in [0.3, 0.4) is 0 Å². The molecule has 7 nitrogen and oxygen atoms in total. The second-order valence-corrected chi connectivity index (χ2v) is 5.65. The molecule has 0 bridgehead atoms. The van der Waals surface area contributed by atoms with E-state index >= 15 is 0 Å². The Hall–Kier alpha value is -2.09. The molecular formula is C13H16N4O3S. The number of amides is 1. The molecule has 0 fully saturated rings. The zero-order valence-electron chi connectivity index (χ0n) is 12.0. The van der Waals surface area contributed by atoms with Crippen LogP contribution in [0.25, 0.3) is 0 Å². The number of hydrogen-bond acceptors (Lipinski definition) is 6. The normalized spacial score (nSPS) is 10.9. The lowest BCUT2D eigenvalue weighted by Crippen LogP contribution is -2.18. The van der Waals surface area contributed by atoms with Gasteiger partial charge in [0.2, 0.25) is 5.91 Å². The highest BCUT2D eigenvalue weighted by Crippen LogP contribution is 2.18. The molecule has 2 heterocycles. The van der Waals surface area contributed by atoms with Gasteiger partial charge >= 0.3 is 0 Å². The first-order chi connectivity index (χ1) is 9.95. The van der Waals surface area contributed by atoms with Crippen LogP contribution in [0.5, 0.6) is 0 Å². The molecule has 112 valence electrons. The maximum atomic E-state index is 11.8. The molecule has 1 N–H and O–H groups in total. The molecule has 1 amide bonds. The van der Waals surface area contributed by atoms with Crippen LogP contribution in [0, 0.1) is 6.92 Å². The van der Waals surface area contributed by atoms with Crippen molar-refractivity contribution in [3.63, 3.8) is 0 Å². The van der Waals surface area contributed by atoms with Gasteiger partial charge in [-0.05, 0) is 20.8 Å². The predicted molar refractivity (Wildman–Crippen MR) is 79.5 cm³/mol. The van der Waals surface area contributed by atoms with E-state index in [1.807, 2.05) is 18.4 Å². The first-order valence-corrected chi connectivity index (χ1v) is 7.39. The average molecular weight is 308 g/mol. The summed E-state index contributed by atoms with van der Waals surface area (Å²) in [6, 6.07) is 3.19. The smallest absolute Gasteiger partial charge is 0.273 e. The highest BCUT2D eigenvalue weighted by molar-refractivity contribution is 7.99. The van der Waals surface area contributed by atoms with E-state index in [4.69, 9.17) is 4.52 Å². The lowest BCUT2D eigenvalue weighted by atomic mass is 10.4. The monoisotopic (exact) mass is 308 g/mol. The van der Waals surface area contributed by atoms with Gasteiger partial charge in [-0.25, -0.2) is 0 Å². The second kappa shape index (κ2) is 6.57. The molecule has 0 unspecified atom stereocenters. The Morgan fingerprint density at radius 2 is 2.29 bits per heavy atom. The van der Waals surface area contributed by atoms with E-state index in [1.54, 1.807) is 19.2 Å². The van der Waals surface area contributed by atoms with Gasteiger partial charge in [0.1, 0.15) is 5.76 Å². The van der Waals surface area contributed by atoms with Gasteiger partial charge < -0.3 is 14.4 Å². The van der Waals surface area contributed by atoms with E-state index in [2.05, 4.69) is 15.5 Å². The van der Waals surface area contributed by atoms with Crippen molar-refractivity contribution < 1.29 is 9.32 Å². The third kappa shape index (κ3) is 4.19. The molecule has 0 radical (unpaired) electrons. The van der Waals surface area contributed by atoms with E-state index in [0.717, 1.165) is 0 Å². The zero-order valence-corrected chi connectivity index (χ0v) is 12.8. The molecular weight excluding hydrogens is 292 g/mol. The quantitative estimate of drug-likeness (QED) is 0.669. The largest absolute Gasteiger partial charge is 0.360 e. The number of aryl methyl sites for hydroxylation is 1. The minimum atomic E-state index is -0.318. The van der Waals surface area contributed by atoms with Gasteiger partial charge in [-0.1, -0.05) is 16.9 Å². The van der Waals surface area contributed by atoms with Gasteiger partial charge in [0, 0.05) is 24.4 Å². The molecule has 2 rings (SSSR count). The number of carbonyl (C=O) groups excluding carboxylic acids is 1. The summed E-state index contributed by atoms with van der Waals surface area (Å²) < 4.78 is 6.71. The van der Waals surface area contributed by atoms with Crippen molar-refractivity contribution in [1.82, 2.24) is 14.7 Å². The first kappa shape index (κ1) is 15.3. The van der Waals surface area contributed by atoms with Crippen LogP contribution >= 0.6 is 11.8 Å². The Balaban J connectivity index is 2.01. The summed E-state index contributed by atoms with van der Waals surface area (Å²) in [4.78, 5) is 27.1. The van der Waals surface area contributed by atoms with Gasteiger partial charge in [0.25, 0.3) is 5.56 Å². The Bertz CT molecular complexity index is 693. The van der Waals surface area contributed by atoms with E-state index in [-0.39, 0.29) is 23.3 Å². The highest BCUT2D eigenvalue weighted by Gasteiger charge is 2.11. The number of thioether (sulfide) groups is 1. The van der Waals surface area contributed by atoms with Gasteiger partial charge in [0.15, 0.2) is 11.0 Å². The first-order valence-electron chi connectivity index (χ1n) is 6.41. The number of aromatic nitrogens is 3. The standard InChI is InChI=1S/C13H16N4O3S/c1-8(2)17-5-4-11(18)15-13(17)21-7-12(19)14-10-6-9(3)20-16-10/h4-6,8H,7H2,1-3H3,(H,14,16,19). The molecule has 2 aromatic rings. The van der Waals surface area contributed by atoms with Gasteiger partial charge in [-0.15, -0.1) is 0 Å². The number of rotatable bonds is 5. The number of anilines is 1. The number of carbonyl (C=O) groups is 1. The summed E-state index contributed by atoms with van der Waals surface area (Å²) in [6.45, 7) is 5.70. The molecule has 8 heteroatoms. The van der Waals surface area contributed by atoms with Gasteiger partial charge in [-0.3, -0.25) is 9.59 Å². The zero-order chi connectivity index (χ0) is 15.4. The fourth-order valence-electron chi connectivity index (χ4n) is 1.63. The fourth-order valence-corrected chi connectivity index (χ4v) is 2.54. The van der Waals surface area contributed by atoms with Crippen molar-refractivity contribution in [2.45, 2.75) is 32.0 Å². The summed E-state index contributed by atoms with van der Waals surface area (Å²) in [7, 11) is 0. The van der Waals surface area contributed by atoms with E-state index < -0.39 is 0 Å². The predicted octanol–water partition coefficient (Wildman–Crippen LogP) is 1.85. The number of hydrogen-bond donors (Lipinski definition) is 1. The molecule has 0 saturated heterocycles. The summed E-state index contributed by atoms with van der Waals surface area (Å²) >= 11 is 1.21. The third-order valence-electron chi connectivity index (χ3n) is 2.59. The van der Waals surface area contributed by atoms with E-state index in [1.165, 1.54) is 17.8 Å². The maximum Gasteiger partial charge on any atom is 0.273 e. The summed E-state index contributed by atoms with van der Waals surface area (Å²) in [5.41, 5.74) is -0.318. The van der Waals surface area contributed by atoms with Gasteiger partial charge in [0.05, 0.1) is 5.75 Å². The molecule has 0 atom stereocenters. The SMILES string of the molecule is Cc1cc(NC(=O)CSc2nc(=O)ccn2C(C)C)no1. The lowest BCUT2D eigenvalue weighted by Gasteiger charge is -2.14. The van der Waals surface area contributed by atoms with Crippen molar-refractivity contribution in [2.24, 2.45) is 0 Å². The fraction of sp³-hybridized carbons (Fsp3) is 0.385. The van der Waals surface area contributed by atoms with Crippen LogP contribution in [0.4, 0.5) is 5.82 Å². The molecule has 0 aliphatic rings. The molecule has 0 aliphatic carbocycles. The van der Waals surface area contributed by atoms with E-state index in [9.17, 15) is 9.59 Å². The topological polar surface area (TPSA) is 90.0 Å². The Labute approximate surface area is 125 Å². The minimum Gasteiger partial charge on any atom is -0.360 e. The van der Waals surface area contributed by atoms with Crippen LogP contribution in [0.1, 0.15) is 25.6 Å². The Kier molecular flexibility index (Phi) is 4.79. The van der Waals surface area contributed by atoms with Crippen LogP contribution in [-0.4, -0.2) is 26.4 Å². The second-order valence-electron chi connectivity index (χ2n) is 4.71. The summed E-state index contributed by atoms with van der Waals surface area (Å²) in [5, 5.41) is 6.82. The molecule has 0 aliphatic heterocycles. The number of nitrogens with zero attached hydrogens (tertiary/aromatic N) is 3. The minimum absolute atomic E-state index is 0.134. The molecule has 0 aromatic carbocycles. The summed E-state index contributed by atoms with van der Waals surface area (Å²) in [5.74, 6) is 0.896. The average Bonchev–Trinajstić information content (AvgIpc) is 2.81. The van der Waals surface area contributed by atoms with Crippen molar-refractivity contribution in [1.29, 1.82) is 0 Å². The van der Waals surface area contributed by atoms with Crippen LogP contribution in [0.2, 0.25) is 0 Å². The third-order valence-corrected chi connectivity index (χ3v) is 3.56. The summed E-state index contributed by atoms with van der Waals surface area (Å²) in [6.07, 6.45) is 1.68. The molecule has 0 saturated carbocycles. The van der Waals surface area contributed by atoms with Crippen LogP contribution in [-0.2, 0) is 4.79 Å². The van der Waals surface area contributed by atoms with Crippen LogP contribution in [0.15, 0.2) is 32.8 Å². The van der Waals surface area contributed by atoms with Crippen molar-refractivity contribution in [2.75, 3.05) is 11.1 Å². The Morgan fingerprint density at radius 3 is 2.90 bits per heavy atom. The lowest BCUT2D eigenvalue weighted by molar-refractivity contribution is -0.113. The van der Waals surface area contributed by atoms with Gasteiger partial charge in [-0.2, -0.15) is 4.98 Å². The molecule has 2 aromatic heterocycles. The van der Waals surface area contributed by atoms with Crippen molar-refractivity contribution in [3.05, 3.63) is 34.4 Å². The van der Waals surface area contributed by atoms with E-state index in [0.29, 0.717) is 16.7 Å². The highest BCUT2D eigenvalue weighted by atomic mass is 32.2. The molecule has 0 spiro atoms. The Morgan fingerprint density at radius 1 is 1.52 bits per heavy atom. The van der Waals surface area contributed by atoms with Crippen molar-refractivity contribution >= 4 is 23.5 Å². The van der Waals surface area contributed by atoms with Crippen LogP contribution < -0.4 is 10.9 Å². The maximum absolute atomic E-state index is 11.8.